The summed E-state index contributed by atoms with van der Waals surface area (Å²) in [6.45, 7) is 5.59. The highest BCUT2D eigenvalue weighted by atomic mass is 32.2. The lowest BCUT2D eigenvalue weighted by Crippen LogP contribution is -2.13. The maximum Gasteiger partial charge on any atom is 0.226 e. The van der Waals surface area contributed by atoms with Gasteiger partial charge in [-0.3, -0.25) is 0 Å². The quantitative estimate of drug-likeness (QED) is 0.815. The van der Waals surface area contributed by atoms with Gasteiger partial charge in [0.2, 0.25) is 5.89 Å². The lowest BCUT2D eigenvalue weighted by molar-refractivity contribution is 0.359. The SMILES string of the molecule is CC(C)Cc1nc(CS(=O)(=O)[C@H](C)c2ccc(F)cc2)no1. The molecule has 0 bridgehead atoms. The maximum atomic E-state index is 12.9. The average molecular weight is 326 g/mol. The summed E-state index contributed by atoms with van der Waals surface area (Å²) in [7, 11) is -3.50. The van der Waals surface area contributed by atoms with Crippen LogP contribution in [-0.4, -0.2) is 18.6 Å². The summed E-state index contributed by atoms with van der Waals surface area (Å²) in [5, 5.41) is 2.96. The Morgan fingerprint density at radius 2 is 1.82 bits per heavy atom. The third kappa shape index (κ3) is 4.13. The van der Waals surface area contributed by atoms with Crippen LogP contribution in [0.15, 0.2) is 28.8 Å². The minimum Gasteiger partial charge on any atom is -0.339 e. The largest absolute Gasteiger partial charge is 0.339 e. The second-order valence-corrected chi connectivity index (χ2v) is 8.02. The summed E-state index contributed by atoms with van der Waals surface area (Å²) in [5.74, 6) is 0.250. The van der Waals surface area contributed by atoms with Gasteiger partial charge < -0.3 is 4.52 Å². The summed E-state index contributed by atoms with van der Waals surface area (Å²) in [4.78, 5) is 4.11. The van der Waals surface area contributed by atoms with Crippen molar-refractivity contribution in [1.82, 2.24) is 10.1 Å². The van der Waals surface area contributed by atoms with Crippen LogP contribution in [0.1, 0.15) is 43.3 Å². The Kier molecular flexibility index (Phi) is 4.95. The third-order valence-electron chi connectivity index (χ3n) is 3.30. The minimum absolute atomic E-state index is 0.157. The smallest absolute Gasteiger partial charge is 0.226 e. The van der Waals surface area contributed by atoms with Gasteiger partial charge in [0.15, 0.2) is 15.7 Å². The van der Waals surface area contributed by atoms with E-state index in [1.807, 2.05) is 13.8 Å². The van der Waals surface area contributed by atoms with Crippen molar-refractivity contribution in [3.05, 3.63) is 47.4 Å². The van der Waals surface area contributed by atoms with Crippen LogP contribution < -0.4 is 0 Å². The molecule has 0 unspecified atom stereocenters. The summed E-state index contributed by atoms with van der Waals surface area (Å²) in [6.07, 6.45) is 0.612. The van der Waals surface area contributed by atoms with Gasteiger partial charge in [-0.2, -0.15) is 4.98 Å². The minimum atomic E-state index is -3.50. The number of halogens is 1. The molecule has 0 saturated carbocycles. The average Bonchev–Trinajstić information content (AvgIpc) is 2.84. The van der Waals surface area contributed by atoms with Gasteiger partial charge in [0, 0.05) is 6.42 Å². The van der Waals surface area contributed by atoms with Crippen molar-refractivity contribution in [3.63, 3.8) is 0 Å². The summed E-state index contributed by atoms with van der Waals surface area (Å²) in [6, 6.07) is 5.43. The molecule has 0 fully saturated rings. The van der Waals surface area contributed by atoms with Gasteiger partial charge in [0.25, 0.3) is 0 Å². The molecule has 0 N–H and O–H groups in total. The Balaban J connectivity index is 2.13. The van der Waals surface area contributed by atoms with Crippen molar-refractivity contribution in [3.8, 4) is 0 Å². The molecule has 7 heteroatoms. The summed E-state index contributed by atoms with van der Waals surface area (Å²) in [5.41, 5.74) is 0.535. The summed E-state index contributed by atoms with van der Waals surface area (Å²) < 4.78 is 42.8. The molecule has 0 amide bonds. The lowest BCUT2D eigenvalue weighted by Gasteiger charge is -2.11. The Labute approximate surface area is 129 Å². The summed E-state index contributed by atoms with van der Waals surface area (Å²) >= 11 is 0. The van der Waals surface area contributed by atoms with Crippen LogP contribution in [0.4, 0.5) is 4.39 Å². The lowest BCUT2D eigenvalue weighted by atomic mass is 10.1. The Hall–Kier alpha value is -1.76. The van der Waals surface area contributed by atoms with Crippen LogP contribution in [0, 0.1) is 11.7 Å². The number of rotatable bonds is 6. The molecule has 0 saturated heterocycles. The molecular weight excluding hydrogens is 307 g/mol. The molecule has 1 atom stereocenters. The van der Waals surface area contributed by atoms with Crippen LogP contribution in [0.5, 0.6) is 0 Å². The van der Waals surface area contributed by atoms with E-state index < -0.39 is 20.9 Å². The van der Waals surface area contributed by atoms with Crippen molar-refractivity contribution in [2.75, 3.05) is 0 Å². The zero-order valence-corrected chi connectivity index (χ0v) is 13.6. The normalized spacial score (nSPS) is 13.5. The first-order valence-corrected chi connectivity index (χ1v) is 8.78. The van der Waals surface area contributed by atoms with Gasteiger partial charge in [0.05, 0.1) is 5.25 Å². The van der Waals surface area contributed by atoms with E-state index in [1.54, 1.807) is 6.92 Å². The van der Waals surface area contributed by atoms with Crippen molar-refractivity contribution >= 4 is 9.84 Å². The number of hydrogen-bond acceptors (Lipinski definition) is 5. The van der Waals surface area contributed by atoms with Crippen molar-refractivity contribution in [2.45, 2.75) is 38.2 Å². The van der Waals surface area contributed by atoms with E-state index >= 15 is 0 Å². The molecule has 0 spiro atoms. The predicted octanol–water partition coefficient (Wildman–Crippen LogP) is 3.08. The second kappa shape index (κ2) is 6.56. The molecule has 5 nitrogen and oxygen atoms in total. The van der Waals surface area contributed by atoms with E-state index in [9.17, 15) is 12.8 Å². The van der Waals surface area contributed by atoms with Crippen LogP contribution in [0.2, 0.25) is 0 Å². The fourth-order valence-corrected chi connectivity index (χ4v) is 3.33. The first-order valence-electron chi connectivity index (χ1n) is 7.06. The third-order valence-corrected chi connectivity index (χ3v) is 5.31. The van der Waals surface area contributed by atoms with Crippen molar-refractivity contribution in [1.29, 1.82) is 0 Å². The van der Waals surface area contributed by atoms with E-state index in [4.69, 9.17) is 4.52 Å². The molecule has 120 valence electrons. The van der Waals surface area contributed by atoms with Gasteiger partial charge in [-0.1, -0.05) is 31.1 Å². The van der Waals surface area contributed by atoms with Gasteiger partial charge >= 0.3 is 0 Å². The number of sulfone groups is 1. The van der Waals surface area contributed by atoms with Crippen LogP contribution in [0.25, 0.3) is 0 Å². The topological polar surface area (TPSA) is 73.1 Å². The first-order chi connectivity index (χ1) is 10.3. The fourth-order valence-electron chi connectivity index (χ4n) is 2.03. The van der Waals surface area contributed by atoms with Crippen LogP contribution in [0.3, 0.4) is 0 Å². The molecular formula is C15H19FN2O3S. The van der Waals surface area contributed by atoms with Crippen molar-refractivity contribution in [2.24, 2.45) is 5.92 Å². The highest BCUT2D eigenvalue weighted by Gasteiger charge is 2.25. The van der Waals surface area contributed by atoms with E-state index in [1.165, 1.54) is 24.3 Å². The van der Waals surface area contributed by atoms with E-state index in [-0.39, 0.29) is 11.6 Å². The Bertz CT molecular complexity index is 724. The highest BCUT2D eigenvalue weighted by Crippen LogP contribution is 2.24. The zero-order chi connectivity index (χ0) is 16.3. The van der Waals surface area contributed by atoms with Gasteiger partial charge in [0.1, 0.15) is 11.6 Å². The second-order valence-electron chi connectivity index (χ2n) is 5.70. The zero-order valence-electron chi connectivity index (χ0n) is 12.8. The molecule has 0 aliphatic heterocycles. The molecule has 1 aromatic carbocycles. The molecule has 0 aliphatic rings. The highest BCUT2D eigenvalue weighted by molar-refractivity contribution is 7.90. The number of benzene rings is 1. The van der Waals surface area contributed by atoms with E-state index in [0.29, 0.717) is 23.8 Å². The van der Waals surface area contributed by atoms with E-state index in [0.717, 1.165) is 0 Å². The predicted molar refractivity (Wildman–Crippen MR) is 80.3 cm³/mol. The number of nitrogens with zero attached hydrogens (tertiary/aromatic N) is 2. The van der Waals surface area contributed by atoms with Crippen LogP contribution in [-0.2, 0) is 22.0 Å². The standard InChI is InChI=1S/C15H19FN2O3S/c1-10(2)8-15-17-14(18-21-15)9-22(19,20)11(3)12-4-6-13(16)7-5-12/h4-7,10-11H,8-9H2,1-3H3/t11-/m1/s1. The molecule has 2 rings (SSSR count). The Morgan fingerprint density at radius 3 is 2.41 bits per heavy atom. The molecule has 0 aliphatic carbocycles. The number of aromatic nitrogens is 2. The van der Waals surface area contributed by atoms with Gasteiger partial charge in [-0.25, -0.2) is 12.8 Å². The Morgan fingerprint density at radius 1 is 1.18 bits per heavy atom. The molecule has 0 radical (unpaired) electrons. The fraction of sp³-hybridized carbons (Fsp3) is 0.467. The van der Waals surface area contributed by atoms with E-state index in [2.05, 4.69) is 10.1 Å². The van der Waals surface area contributed by atoms with Gasteiger partial charge in [-0.15, -0.1) is 0 Å². The number of hydrogen-bond donors (Lipinski definition) is 0. The maximum absolute atomic E-state index is 12.9. The molecule has 22 heavy (non-hydrogen) atoms. The molecule has 1 aromatic heterocycles. The van der Waals surface area contributed by atoms with Crippen molar-refractivity contribution < 1.29 is 17.3 Å². The first kappa shape index (κ1) is 16.6. The van der Waals surface area contributed by atoms with Crippen LogP contribution >= 0.6 is 0 Å². The van der Waals surface area contributed by atoms with Gasteiger partial charge in [-0.05, 0) is 30.5 Å². The molecule has 2 aromatic rings. The monoisotopic (exact) mass is 326 g/mol. The molecule has 1 heterocycles.